The first-order valence-corrected chi connectivity index (χ1v) is 11.7. The number of thioether (sulfide) groups is 1. The van der Waals surface area contributed by atoms with Gasteiger partial charge in [0.05, 0.1) is 0 Å². The van der Waals surface area contributed by atoms with Gasteiger partial charge in [-0.15, -0.1) is 10.2 Å². The molecule has 7 heteroatoms. The predicted octanol–water partition coefficient (Wildman–Crippen LogP) is 6.41. The molecule has 0 spiro atoms. The van der Waals surface area contributed by atoms with E-state index in [1.54, 1.807) is 11.8 Å². The molecule has 0 aliphatic carbocycles. The highest BCUT2D eigenvalue weighted by atomic mass is 35.5. The van der Waals surface area contributed by atoms with Crippen LogP contribution in [0.5, 0.6) is 0 Å². The number of amides is 1. The zero-order chi connectivity index (χ0) is 22.3. The molecule has 0 aliphatic rings. The molecular formula is C25H23ClN4OS. The molecule has 0 aliphatic heterocycles. The summed E-state index contributed by atoms with van der Waals surface area (Å²) in [5.74, 6) is 1.53. The summed E-state index contributed by atoms with van der Waals surface area (Å²) in [5, 5.41) is 13.3. The predicted molar refractivity (Wildman–Crippen MR) is 132 cm³/mol. The van der Waals surface area contributed by atoms with E-state index in [4.69, 9.17) is 11.6 Å². The van der Waals surface area contributed by atoms with Gasteiger partial charge in [-0.05, 0) is 67.4 Å². The SMILES string of the molecule is Cc1cccc(NC(=O)CCCSc2nnc(-c3ccc(Cl)cc3)n2-c2ccccc2)c1. The lowest BCUT2D eigenvalue weighted by molar-refractivity contribution is -0.116. The largest absolute Gasteiger partial charge is 0.326 e. The van der Waals surface area contributed by atoms with Crippen LogP contribution in [0.25, 0.3) is 17.1 Å². The van der Waals surface area contributed by atoms with E-state index >= 15 is 0 Å². The Hall–Kier alpha value is -3.09. The number of halogens is 1. The van der Waals surface area contributed by atoms with Gasteiger partial charge in [0.1, 0.15) is 0 Å². The first-order valence-electron chi connectivity index (χ1n) is 10.4. The molecule has 1 aromatic heterocycles. The van der Waals surface area contributed by atoms with E-state index in [2.05, 4.69) is 15.5 Å². The lowest BCUT2D eigenvalue weighted by atomic mass is 10.2. The molecule has 162 valence electrons. The molecule has 1 amide bonds. The number of aryl methyl sites for hydroxylation is 1. The summed E-state index contributed by atoms with van der Waals surface area (Å²) in [5.41, 5.74) is 3.88. The third-order valence-electron chi connectivity index (χ3n) is 4.83. The van der Waals surface area contributed by atoms with Crippen molar-refractivity contribution in [3.8, 4) is 17.1 Å². The second kappa shape index (κ2) is 10.5. The Labute approximate surface area is 196 Å². The highest BCUT2D eigenvalue weighted by molar-refractivity contribution is 7.99. The van der Waals surface area contributed by atoms with Crippen molar-refractivity contribution in [3.63, 3.8) is 0 Å². The van der Waals surface area contributed by atoms with Crippen LogP contribution in [0.15, 0.2) is 84.0 Å². The van der Waals surface area contributed by atoms with E-state index in [0.29, 0.717) is 11.4 Å². The molecule has 1 N–H and O–H groups in total. The molecule has 5 nitrogen and oxygen atoms in total. The number of carbonyl (C=O) groups is 1. The zero-order valence-electron chi connectivity index (χ0n) is 17.7. The summed E-state index contributed by atoms with van der Waals surface area (Å²) >= 11 is 7.64. The molecule has 0 fully saturated rings. The van der Waals surface area contributed by atoms with Crippen molar-refractivity contribution in [1.29, 1.82) is 0 Å². The molecule has 0 saturated heterocycles. The summed E-state index contributed by atoms with van der Waals surface area (Å²) in [6.07, 6.45) is 1.19. The van der Waals surface area contributed by atoms with Crippen molar-refractivity contribution in [2.45, 2.75) is 24.9 Å². The first kappa shape index (κ1) is 22.1. The number of anilines is 1. The van der Waals surface area contributed by atoms with Gasteiger partial charge in [-0.3, -0.25) is 9.36 Å². The first-order chi connectivity index (χ1) is 15.6. The molecule has 0 radical (unpaired) electrons. The summed E-state index contributed by atoms with van der Waals surface area (Å²) in [4.78, 5) is 12.3. The second-order valence-corrected chi connectivity index (χ2v) is 8.85. The van der Waals surface area contributed by atoms with E-state index in [9.17, 15) is 4.79 Å². The third-order valence-corrected chi connectivity index (χ3v) is 6.10. The number of aromatic nitrogens is 3. The summed E-state index contributed by atoms with van der Waals surface area (Å²) in [6.45, 7) is 2.01. The van der Waals surface area contributed by atoms with Gasteiger partial charge in [0, 0.05) is 34.1 Å². The smallest absolute Gasteiger partial charge is 0.224 e. The Kier molecular flexibility index (Phi) is 7.24. The number of nitrogens with zero attached hydrogens (tertiary/aromatic N) is 3. The van der Waals surface area contributed by atoms with Crippen LogP contribution in [-0.4, -0.2) is 26.4 Å². The fourth-order valence-corrected chi connectivity index (χ4v) is 4.32. The van der Waals surface area contributed by atoms with Crippen LogP contribution < -0.4 is 5.32 Å². The molecule has 32 heavy (non-hydrogen) atoms. The van der Waals surface area contributed by atoms with Gasteiger partial charge in [0.15, 0.2) is 11.0 Å². The van der Waals surface area contributed by atoms with E-state index in [-0.39, 0.29) is 5.91 Å². The maximum absolute atomic E-state index is 12.3. The lowest BCUT2D eigenvalue weighted by Gasteiger charge is -2.10. The summed E-state index contributed by atoms with van der Waals surface area (Å²) < 4.78 is 2.04. The molecule has 0 bridgehead atoms. The van der Waals surface area contributed by atoms with Gasteiger partial charge < -0.3 is 5.32 Å². The molecule has 0 unspecified atom stereocenters. The average molecular weight is 463 g/mol. The van der Waals surface area contributed by atoms with Crippen molar-refractivity contribution in [3.05, 3.63) is 89.4 Å². The number of hydrogen-bond donors (Lipinski definition) is 1. The average Bonchev–Trinajstić information content (AvgIpc) is 3.22. The summed E-state index contributed by atoms with van der Waals surface area (Å²) in [7, 11) is 0. The number of carbonyl (C=O) groups excluding carboxylic acids is 1. The van der Waals surface area contributed by atoms with Gasteiger partial charge in [-0.2, -0.15) is 0 Å². The van der Waals surface area contributed by atoms with Crippen molar-refractivity contribution in [2.24, 2.45) is 0 Å². The monoisotopic (exact) mass is 462 g/mol. The van der Waals surface area contributed by atoms with Crippen LogP contribution in [0.1, 0.15) is 18.4 Å². The van der Waals surface area contributed by atoms with Gasteiger partial charge in [-0.1, -0.05) is 53.7 Å². The highest BCUT2D eigenvalue weighted by Gasteiger charge is 2.16. The van der Waals surface area contributed by atoms with Crippen LogP contribution in [0.2, 0.25) is 5.02 Å². The Morgan fingerprint density at radius 2 is 1.78 bits per heavy atom. The quantitative estimate of drug-likeness (QED) is 0.243. The van der Waals surface area contributed by atoms with Crippen LogP contribution in [0, 0.1) is 6.92 Å². The Morgan fingerprint density at radius 1 is 1.00 bits per heavy atom. The van der Waals surface area contributed by atoms with Crippen LogP contribution >= 0.6 is 23.4 Å². The highest BCUT2D eigenvalue weighted by Crippen LogP contribution is 2.29. The molecule has 1 heterocycles. The fraction of sp³-hybridized carbons (Fsp3) is 0.160. The van der Waals surface area contributed by atoms with Gasteiger partial charge in [-0.25, -0.2) is 0 Å². The van der Waals surface area contributed by atoms with Gasteiger partial charge in [0.2, 0.25) is 5.91 Å². The minimum atomic E-state index is 0.0163. The zero-order valence-corrected chi connectivity index (χ0v) is 19.2. The molecular weight excluding hydrogens is 440 g/mol. The van der Waals surface area contributed by atoms with Gasteiger partial charge in [0.25, 0.3) is 0 Å². The van der Waals surface area contributed by atoms with Crippen molar-refractivity contribution < 1.29 is 4.79 Å². The third kappa shape index (κ3) is 5.58. The topological polar surface area (TPSA) is 59.8 Å². The molecule has 4 rings (SSSR count). The van der Waals surface area contributed by atoms with Crippen LogP contribution in [-0.2, 0) is 4.79 Å². The van der Waals surface area contributed by atoms with Gasteiger partial charge >= 0.3 is 0 Å². The minimum absolute atomic E-state index is 0.0163. The molecule has 0 atom stereocenters. The normalized spacial score (nSPS) is 10.8. The van der Waals surface area contributed by atoms with Crippen molar-refractivity contribution >= 4 is 35.0 Å². The minimum Gasteiger partial charge on any atom is -0.326 e. The number of hydrogen-bond acceptors (Lipinski definition) is 4. The fourth-order valence-electron chi connectivity index (χ4n) is 3.30. The van der Waals surface area contributed by atoms with E-state index in [1.807, 2.05) is 90.4 Å². The van der Waals surface area contributed by atoms with E-state index in [1.165, 1.54) is 0 Å². The summed E-state index contributed by atoms with van der Waals surface area (Å²) in [6, 6.07) is 25.4. The molecule has 0 saturated carbocycles. The second-order valence-electron chi connectivity index (χ2n) is 7.35. The van der Waals surface area contributed by atoms with E-state index < -0.39 is 0 Å². The van der Waals surface area contributed by atoms with Crippen molar-refractivity contribution in [1.82, 2.24) is 14.8 Å². The van der Waals surface area contributed by atoms with Crippen molar-refractivity contribution in [2.75, 3.05) is 11.1 Å². The maximum atomic E-state index is 12.3. The molecule has 4 aromatic rings. The Bertz CT molecular complexity index is 1190. The Morgan fingerprint density at radius 3 is 2.53 bits per heavy atom. The number of rotatable bonds is 8. The lowest BCUT2D eigenvalue weighted by Crippen LogP contribution is -2.11. The van der Waals surface area contributed by atoms with E-state index in [0.717, 1.165) is 45.7 Å². The van der Waals surface area contributed by atoms with Crippen LogP contribution in [0.4, 0.5) is 5.69 Å². The standard InChI is InChI=1S/C25H23ClN4OS/c1-18-7-5-8-21(17-18)27-23(31)11-6-16-32-25-29-28-24(19-12-14-20(26)15-13-19)30(25)22-9-3-2-4-10-22/h2-5,7-10,12-15,17H,6,11,16H2,1H3,(H,27,31). The molecule has 3 aromatic carbocycles. The number of benzene rings is 3. The number of para-hydroxylation sites is 1. The maximum Gasteiger partial charge on any atom is 0.224 e. The Balaban J connectivity index is 1.43. The number of nitrogens with one attached hydrogen (secondary N) is 1. The van der Waals surface area contributed by atoms with Crippen LogP contribution in [0.3, 0.4) is 0 Å².